The van der Waals surface area contributed by atoms with Gasteiger partial charge >= 0.3 is 0 Å². The van der Waals surface area contributed by atoms with Crippen molar-refractivity contribution in [1.29, 1.82) is 0 Å². The Morgan fingerprint density at radius 2 is 2.00 bits per heavy atom. The summed E-state index contributed by atoms with van der Waals surface area (Å²) >= 11 is 1.72. The Kier molecular flexibility index (Phi) is 7.37. The fourth-order valence-corrected chi connectivity index (χ4v) is 6.26. The van der Waals surface area contributed by atoms with Gasteiger partial charge in [-0.15, -0.1) is 0 Å². The normalized spacial score (nSPS) is 23.7. The Morgan fingerprint density at radius 1 is 1.23 bits per heavy atom. The molecule has 0 amide bonds. The molecule has 0 bridgehead atoms. The lowest BCUT2D eigenvalue weighted by molar-refractivity contribution is 0.230. The standard InChI is InChI=1S/C21H27FN4O2S2/c22-19-3-1-17(2-4-19)18-12-20(15-28-21-11-16(13-23)5-6-24-21)26(14-18)29-25-7-9-30(27)10-8-25/h1-6,11,18,20H,7-10,12-15,23H2. The first-order valence-electron chi connectivity index (χ1n) is 10.2. The number of hydrogen-bond donors (Lipinski definition) is 1. The van der Waals surface area contributed by atoms with Crippen LogP contribution in [0.25, 0.3) is 0 Å². The quantitative estimate of drug-likeness (QED) is 0.650. The molecule has 2 aliphatic rings. The van der Waals surface area contributed by atoms with Gasteiger partial charge in [0.15, 0.2) is 0 Å². The highest BCUT2D eigenvalue weighted by molar-refractivity contribution is 7.94. The minimum absolute atomic E-state index is 0.195. The number of nitrogens with two attached hydrogens (primary N) is 1. The molecule has 162 valence electrons. The van der Waals surface area contributed by atoms with Gasteiger partial charge in [0.2, 0.25) is 5.88 Å². The van der Waals surface area contributed by atoms with Crippen LogP contribution in [0.15, 0.2) is 42.6 Å². The van der Waals surface area contributed by atoms with Gasteiger partial charge in [-0.2, -0.15) is 0 Å². The van der Waals surface area contributed by atoms with E-state index in [2.05, 4.69) is 13.6 Å². The lowest BCUT2D eigenvalue weighted by atomic mass is 9.96. The molecule has 2 aliphatic heterocycles. The third-order valence-corrected chi connectivity index (χ3v) is 8.05. The van der Waals surface area contributed by atoms with E-state index >= 15 is 0 Å². The summed E-state index contributed by atoms with van der Waals surface area (Å²) in [5, 5.41) is 0. The van der Waals surface area contributed by atoms with Crippen LogP contribution in [0.4, 0.5) is 4.39 Å². The number of rotatable bonds is 7. The fraction of sp³-hybridized carbons (Fsp3) is 0.476. The number of aromatic nitrogens is 1. The Morgan fingerprint density at radius 3 is 2.73 bits per heavy atom. The first-order valence-corrected chi connectivity index (χ1v) is 12.4. The van der Waals surface area contributed by atoms with Gasteiger partial charge in [0.05, 0.1) is 6.04 Å². The summed E-state index contributed by atoms with van der Waals surface area (Å²) in [4.78, 5) is 4.30. The molecule has 0 saturated carbocycles. The molecule has 0 spiro atoms. The molecule has 0 radical (unpaired) electrons. The van der Waals surface area contributed by atoms with Crippen molar-refractivity contribution in [3.8, 4) is 5.88 Å². The largest absolute Gasteiger partial charge is 0.476 e. The van der Waals surface area contributed by atoms with Crippen LogP contribution >= 0.6 is 12.1 Å². The van der Waals surface area contributed by atoms with Gasteiger partial charge in [0, 0.05) is 72.9 Å². The highest BCUT2D eigenvalue weighted by Gasteiger charge is 2.36. The molecule has 1 aromatic heterocycles. The molecule has 3 heterocycles. The van der Waals surface area contributed by atoms with Crippen LogP contribution < -0.4 is 10.5 Å². The van der Waals surface area contributed by atoms with E-state index in [1.54, 1.807) is 18.3 Å². The summed E-state index contributed by atoms with van der Waals surface area (Å²) in [6.07, 6.45) is 2.64. The summed E-state index contributed by atoms with van der Waals surface area (Å²) in [5.41, 5.74) is 7.85. The zero-order valence-corrected chi connectivity index (χ0v) is 18.4. The summed E-state index contributed by atoms with van der Waals surface area (Å²) in [5.74, 6) is 2.13. The smallest absolute Gasteiger partial charge is 0.213 e. The van der Waals surface area contributed by atoms with Crippen molar-refractivity contribution in [3.05, 3.63) is 59.5 Å². The van der Waals surface area contributed by atoms with Crippen LogP contribution in [0.1, 0.15) is 23.5 Å². The number of nitrogens with zero attached hydrogens (tertiary/aromatic N) is 3. The summed E-state index contributed by atoms with van der Waals surface area (Å²) in [6, 6.07) is 10.8. The topological polar surface area (TPSA) is 71.7 Å². The number of ether oxygens (including phenoxy) is 1. The van der Waals surface area contributed by atoms with Crippen LogP contribution in [-0.2, 0) is 17.3 Å². The van der Waals surface area contributed by atoms with Crippen LogP contribution in [-0.4, -0.2) is 61.6 Å². The average molecular weight is 451 g/mol. The van der Waals surface area contributed by atoms with E-state index in [9.17, 15) is 8.60 Å². The first-order chi connectivity index (χ1) is 14.6. The van der Waals surface area contributed by atoms with Crippen LogP contribution in [0.2, 0.25) is 0 Å². The van der Waals surface area contributed by atoms with Crippen molar-refractivity contribution in [2.45, 2.75) is 24.9 Å². The van der Waals surface area contributed by atoms with Gasteiger partial charge in [-0.25, -0.2) is 18.0 Å². The van der Waals surface area contributed by atoms with E-state index < -0.39 is 10.8 Å². The van der Waals surface area contributed by atoms with E-state index in [4.69, 9.17) is 10.5 Å². The molecule has 30 heavy (non-hydrogen) atoms. The lowest BCUT2D eigenvalue weighted by Crippen LogP contribution is -2.38. The number of pyridine rings is 1. The molecule has 2 saturated heterocycles. The molecule has 2 atom stereocenters. The number of halogens is 1. The molecular weight excluding hydrogens is 423 g/mol. The molecule has 6 nitrogen and oxygen atoms in total. The van der Waals surface area contributed by atoms with E-state index in [-0.39, 0.29) is 11.9 Å². The number of benzene rings is 1. The third-order valence-electron chi connectivity index (χ3n) is 5.52. The molecule has 2 aromatic rings. The van der Waals surface area contributed by atoms with Crippen molar-refractivity contribution in [2.75, 3.05) is 37.7 Å². The molecule has 9 heteroatoms. The molecule has 0 aliphatic carbocycles. The number of hydrogen-bond acceptors (Lipinski definition) is 7. The van der Waals surface area contributed by atoms with E-state index in [0.717, 1.165) is 48.7 Å². The van der Waals surface area contributed by atoms with E-state index in [1.807, 2.05) is 24.3 Å². The Hall–Kier alpha value is -1.52. The monoisotopic (exact) mass is 450 g/mol. The minimum Gasteiger partial charge on any atom is -0.476 e. The minimum atomic E-state index is -0.696. The van der Waals surface area contributed by atoms with Crippen molar-refractivity contribution >= 4 is 22.9 Å². The summed E-state index contributed by atoms with van der Waals surface area (Å²) in [7, 11) is -0.696. The zero-order chi connectivity index (χ0) is 20.9. The summed E-state index contributed by atoms with van der Waals surface area (Å²) < 4.78 is 35.7. The molecule has 4 rings (SSSR count). The molecule has 1 aromatic carbocycles. The van der Waals surface area contributed by atoms with E-state index in [0.29, 0.717) is 24.9 Å². The van der Waals surface area contributed by atoms with Crippen molar-refractivity contribution in [3.63, 3.8) is 0 Å². The molecule has 2 unspecified atom stereocenters. The molecule has 2 N–H and O–H groups in total. The van der Waals surface area contributed by atoms with Crippen molar-refractivity contribution in [1.82, 2.24) is 13.6 Å². The predicted molar refractivity (Wildman–Crippen MR) is 119 cm³/mol. The first kappa shape index (κ1) is 21.7. The molecular formula is C21H27FN4O2S2. The van der Waals surface area contributed by atoms with Crippen LogP contribution in [0.3, 0.4) is 0 Å². The van der Waals surface area contributed by atoms with Gasteiger partial charge in [0.1, 0.15) is 12.4 Å². The average Bonchev–Trinajstić information content (AvgIpc) is 3.17. The Bertz CT molecular complexity index is 860. The maximum Gasteiger partial charge on any atom is 0.213 e. The van der Waals surface area contributed by atoms with Gasteiger partial charge in [-0.3, -0.25) is 4.21 Å². The van der Waals surface area contributed by atoms with Crippen molar-refractivity contribution < 1.29 is 13.3 Å². The predicted octanol–water partition coefficient (Wildman–Crippen LogP) is 2.54. The maximum absolute atomic E-state index is 13.4. The lowest BCUT2D eigenvalue weighted by Gasteiger charge is -2.31. The Labute approximate surface area is 183 Å². The van der Waals surface area contributed by atoms with Gasteiger partial charge in [-0.1, -0.05) is 12.1 Å². The second-order valence-corrected chi connectivity index (χ2v) is 10.5. The highest BCUT2D eigenvalue weighted by atomic mass is 32.2. The van der Waals surface area contributed by atoms with Crippen LogP contribution in [0.5, 0.6) is 5.88 Å². The van der Waals surface area contributed by atoms with E-state index in [1.165, 1.54) is 12.1 Å². The van der Waals surface area contributed by atoms with Gasteiger partial charge in [0.25, 0.3) is 0 Å². The Balaban J connectivity index is 1.44. The highest BCUT2D eigenvalue weighted by Crippen LogP contribution is 2.37. The fourth-order valence-electron chi connectivity index (χ4n) is 3.80. The SMILES string of the molecule is NCc1ccnc(OCC2CC(c3ccc(F)cc3)CN2SN2CCS(=O)CC2)c1. The van der Waals surface area contributed by atoms with Gasteiger partial charge < -0.3 is 10.5 Å². The van der Waals surface area contributed by atoms with Crippen molar-refractivity contribution in [2.24, 2.45) is 5.73 Å². The second-order valence-electron chi connectivity index (χ2n) is 7.61. The third kappa shape index (κ3) is 5.59. The van der Waals surface area contributed by atoms with Crippen LogP contribution in [0, 0.1) is 5.82 Å². The second kappa shape index (κ2) is 10.2. The maximum atomic E-state index is 13.4. The summed E-state index contributed by atoms with van der Waals surface area (Å²) in [6.45, 7) is 3.48. The molecule has 2 fully saturated rings. The zero-order valence-electron chi connectivity index (χ0n) is 16.8. The van der Waals surface area contributed by atoms with Gasteiger partial charge in [-0.05, 0) is 41.7 Å².